The molecule has 1 atom stereocenters. The number of nitrogens with zero attached hydrogens (tertiary/aromatic N) is 2. The molecule has 1 heterocycles. The number of amides is 1. The number of benzene rings is 1. The Balaban J connectivity index is 0.00000364. The van der Waals surface area contributed by atoms with Gasteiger partial charge in [-0.1, -0.05) is 18.2 Å². The smallest absolute Gasteiger partial charge is 0.310 e. The van der Waals surface area contributed by atoms with Crippen LogP contribution >= 0.6 is 24.0 Å². The third kappa shape index (κ3) is 7.36. The molecule has 27 heavy (non-hydrogen) atoms. The summed E-state index contributed by atoms with van der Waals surface area (Å²) < 4.78 is 5.14. The van der Waals surface area contributed by atoms with E-state index < -0.39 is 0 Å². The average molecular weight is 488 g/mol. The van der Waals surface area contributed by atoms with Crippen molar-refractivity contribution in [2.45, 2.75) is 19.8 Å². The van der Waals surface area contributed by atoms with Crippen LogP contribution in [-0.2, 0) is 9.53 Å². The Morgan fingerprint density at radius 1 is 1.22 bits per heavy atom. The minimum atomic E-state index is -0.136. The first-order chi connectivity index (χ1) is 12.7. The number of esters is 1. The average Bonchev–Trinajstić information content (AvgIpc) is 2.69. The van der Waals surface area contributed by atoms with Crippen molar-refractivity contribution >= 4 is 41.8 Å². The Labute approximate surface area is 178 Å². The molecule has 8 heteroatoms. The number of carbonyl (C=O) groups excluding carboxylic acids is 2. The van der Waals surface area contributed by atoms with E-state index in [1.54, 1.807) is 19.2 Å². The van der Waals surface area contributed by atoms with Gasteiger partial charge >= 0.3 is 5.97 Å². The first-order valence-corrected chi connectivity index (χ1v) is 9.11. The lowest BCUT2D eigenvalue weighted by Gasteiger charge is -2.33. The molecule has 150 valence electrons. The van der Waals surface area contributed by atoms with Gasteiger partial charge in [0.05, 0.1) is 12.5 Å². The lowest BCUT2D eigenvalue weighted by molar-refractivity contribution is -0.149. The number of nitrogens with one attached hydrogen (secondary N) is 2. The number of hydrogen-bond acceptors (Lipinski definition) is 4. The van der Waals surface area contributed by atoms with Crippen LogP contribution in [0.1, 0.15) is 30.1 Å². The summed E-state index contributed by atoms with van der Waals surface area (Å²) in [7, 11) is 1.72. The maximum atomic E-state index is 12.0. The van der Waals surface area contributed by atoms with Crippen LogP contribution in [0.2, 0.25) is 0 Å². The van der Waals surface area contributed by atoms with Gasteiger partial charge in [0.1, 0.15) is 0 Å². The Bertz CT molecular complexity index is 625. The molecule has 0 aliphatic carbocycles. The summed E-state index contributed by atoms with van der Waals surface area (Å²) in [6.07, 6.45) is 1.77. The van der Waals surface area contributed by atoms with Crippen LogP contribution in [0.25, 0.3) is 0 Å². The molecular formula is C19H29IN4O3. The van der Waals surface area contributed by atoms with Crippen molar-refractivity contribution in [2.75, 3.05) is 39.8 Å². The van der Waals surface area contributed by atoms with E-state index in [2.05, 4.69) is 20.5 Å². The van der Waals surface area contributed by atoms with E-state index in [0.29, 0.717) is 31.8 Å². The molecule has 1 aliphatic heterocycles. The highest BCUT2D eigenvalue weighted by Gasteiger charge is 2.28. The molecule has 1 fully saturated rings. The first kappa shape index (κ1) is 23.2. The SMILES string of the molecule is CCOC(=O)C1CCCN(C(=NC)NCCNC(=O)c2ccccc2)C1.I. The van der Waals surface area contributed by atoms with Crippen LogP contribution in [0.3, 0.4) is 0 Å². The number of halogens is 1. The fourth-order valence-electron chi connectivity index (χ4n) is 3.00. The number of guanidine groups is 1. The second-order valence-electron chi connectivity index (χ2n) is 6.13. The summed E-state index contributed by atoms with van der Waals surface area (Å²) in [4.78, 5) is 30.3. The number of hydrogen-bond donors (Lipinski definition) is 2. The highest BCUT2D eigenvalue weighted by molar-refractivity contribution is 14.0. The van der Waals surface area contributed by atoms with Crippen molar-refractivity contribution in [1.29, 1.82) is 0 Å². The quantitative estimate of drug-likeness (QED) is 0.210. The first-order valence-electron chi connectivity index (χ1n) is 9.11. The van der Waals surface area contributed by atoms with Crippen LogP contribution in [-0.4, -0.2) is 62.6 Å². The monoisotopic (exact) mass is 488 g/mol. The zero-order chi connectivity index (χ0) is 18.8. The van der Waals surface area contributed by atoms with Crippen molar-refractivity contribution in [1.82, 2.24) is 15.5 Å². The normalized spacial score (nSPS) is 16.9. The van der Waals surface area contributed by atoms with Crippen molar-refractivity contribution in [3.8, 4) is 0 Å². The zero-order valence-corrected chi connectivity index (χ0v) is 18.3. The largest absolute Gasteiger partial charge is 0.466 e. The van der Waals surface area contributed by atoms with Crippen molar-refractivity contribution in [3.63, 3.8) is 0 Å². The van der Waals surface area contributed by atoms with Gasteiger partial charge in [-0.15, -0.1) is 24.0 Å². The van der Waals surface area contributed by atoms with Gasteiger partial charge < -0.3 is 20.3 Å². The summed E-state index contributed by atoms with van der Waals surface area (Å²) in [5.74, 6) is 0.401. The van der Waals surface area contributed by atoms with Crippen molar-refractivity contribution in [2.24, 2.45) is 10.9 Å². The number of rotatable bonds is 6. The number of carbonyl (C=O) groups is 2. The third-order valence-corrected chi connectivity index (χ3v) is 4.28. The molecule has 1 unspecified atom stereocenters. The minimum Gasteiger partial charge on any atom is -0.466 e. The van der Waals surface area contributed by atoms with E-state index >= 15 is 0 Å². The molecule has 0 aromatic heterocycles. The molecule has 1 aromatic rings. The van der Waals surface area contributed by atoms with Gasteiger partial charge in [0.2, 0.25) is 0 Å². The number of ether oxygens (including phenoxy) is 1. The van der Waals surface area contributed by atoms with E-state index in [4.69, 9.17) is 4.74 Å². The third-order valence-electron chi connectivity index (χ3n) is 4.28. The van der Waals surface area contributed by atoms with Crippen LogP contribution in [0, 0.1) is 5.92 Å². The summed E-state index contributed by atoms with van der Waals surface area (Å²) in [5, 5.41) is 6.12. The number of likely N-dealkylation sites (tertiary alicyclic amines) is 1. The van der Waals surface area contributed by atoms with Gasteiger partial charge in [0, 0.05) is 38.8 Å². The van der Waals surface area contributed by atoms with Gasteiger partial charge in [-0.25, -0.2) is 0 Å². The van der Waals surface area contributed by atoms with Crippen molar-refractivity contribution in [3.05, 3.63) is 35.9 Å². The van der Waals surface area contributed by atoms with Gasteiger partial charge in [0.15, 0.2) is 5.96 Å². The molecule has 2 rings (SSSR count). The van der Waals surface area contributed by atoms with Gasteiger partial charge in [-0.3, -0.25) is 14.6 Å². The molecule has 1 aromatic carbocycles. The van der Waals surface area contributed by atoms with E-state index in [1.807, 2.05) is 25.1 Å². The lowest BCUT2D eigenvalue weighted by atomic mass is 9.98. The fourth-order valence-corrected chi connectivity index (χ4v) is 3.00. The van der Waals surface area contributed by atoms with Crippen LogP contribution < -0.4 is 10.6 Å². The lowest BCUT2D eigenvalue weighted by Crippen LogP contribution is -2.49. The predicted molar refractivity (Wildman–Crippen MR) is 116 cm³/mol. The molecule has 1 saturated heterocycles. The van der Waals surface area contributed by atoms with E-state index in [0.717, 1.165) is 25.3 Å². The molecule has 0 radical (unpaired) electrons. The Kier molecular flexibility index (Phi) is 10.8. The maximum absolute atomic E-state index is 12.0. The molecular weight excluding hydrogens is 459 g/mol. The predicted octanol–water partition coefficient (Wildman–Crippen LogP) is 1.88. The summed E-state index contributed by atoms with van der Waals surface area (Å²) in [6.45, 7) is 4.74. The molecule has 2 N–H and O–H groups in total. The molecule has 0 saturated carbocycles. The molecule has 0 bridgehead atoms. The summed E-state index contributed by atoms with van der Waals surface area (Å²) >= 11 is 0. The van der Waals surface area contributed by atoms with E-state index in [9.17, 15) is 9.59 Å². The topological polar surface area (TPSA) is 83.0 Å². The fraction of sp³-hybridized carbons (Fsp3) is 0.526. The van der Waals surface area contributed by atoms with Crippen LogP contribution in [0.15, 0.2) is 35.3 Å². The second kappa shape index (κ2) is 12.5. The van der Waals surface area contributed by atoms with Gasteiger partial charge in [0.25, 0.3) is 5.91 Å². The standard InChI is InChI=1S/C19H28N4O3.HI/c1-3-26-18(25)16-10-7-13-23(14-16)19(20-2)22-12-11-21-17(24)15-8-5-4-6-9-15;/h4-6,8-9,16H,3,7,10-14H2,1-2H3,(H,20,22)(H,21,24);1H. The minimum absolute atomic E-state index is 0. The highest BCUT2D eigenvalue weighted by atomic mass is 127. The number of piperidine rings is 1. The zero-order valence-electron chi connectivity index (χ0n) is 15.9. The van der Waals surface area contributed by atoms with Gasteiger partial charge in [-0.05, 0) is 31.9 Å². The summed E-state index contributed by atoms with van der Waals surface area (Å²) in [6, 6.07) is 9.12. The molecule has 1 aliphatic rings. The Morgan fingerprint density at radius 2 is 1.93 bits per heavy atom. The Morgan fingerprint density at radius 3 is 2.59 bits per heavy atom. The Hall–Kier alpha value is -1.84. The van der Waals surface area contributed by atoms with Crippen LogP contribution in [0.5, 0.6) is 0 Å². The van der Waals surface area contributed by atoms with Crippen molar-refractivity contribution < 1.29 is 14.3 Å². The van der Waals surface area contributed by atoms with E-state index in [1.165, 1.54) is 0 Å². The van der Waals surface area contributed by atoms with E-state index in [-0.39, 0.29) is 41.8 Å². The highest BCUT2D eigenvalue weighted by Crippen LogP contribution is 2.17. The van der Waals surface area contributed by atoms with Gasteiger partial charge in [-0.2, -0.15) is 0 Å². The molecule has 1 amide bonds. The summed E-state index contributed by atoms with van der Waals surface area (Å²) in [5.41, 5.74) is 0.644. The maximum Gasteiger partial charge on any atom is 0.310 e. The van der Waals surface area contributed by atoms with Crippen LogP contribution in [0.4, 0.5) is 0 Å². The molecule has 7 nitrogen and oxygen atoms in total. The number of aliphatic imine (C=N–C) groups is 1. The second-order valence-corrected chi connectivity index (χ2v) is 6.13. The molecule has 0 spiro atoms.